The van der Waals surface area contributed by atoms with Crippen LogP contribution in [-0.4, -0.2) is 56.2 Å². The maximum absolute atomic E-state index is 12.8. The van der Waals surface area contributed by atoms with Crippen molar-refractivity contribution in [1.29, 1.82) is 5.26 Å². The van der Waals surface area contributed by atoms with Crippen molar-refractivity contribution in [1.82, 2.24) is 15.5 Å². The normalized spacial score (nSPS) is 18.3. The predicted molar refractivity (Wildman–Crippen MR) is 121 cm³/mol. The Morgan fingerprint density at radius 3 is 2.34 bits per heavy atom. The Balaban J connectivity index is 1.62. The Kier molecular flexibility index (Phi) is 6.94. The van der Waals surface area contributed by atoms with E-state index in [2.05, 4.69) is 16.7 Å². The number of sulfone groups is 1. The summed E-state index contributed by atoms with van der Waals surface area (Å²) in [4.78, 5) is 27.4. The highest BCUT2D eigenvalue weighted by Gasteiger charge is 2.45. The third kappa shape index (κ3) is 5.88. The van der Waals surface area contributed by atoms with Crippen LogP contribution in [0, 0.1) is 17.2 Å². The molecule has 1 atom stereocenters. The first-order chi connectivity index (χ1) is 15.0. The lowest BCUT2D eigenvalue weighted by atomic mass is 9.99. The Morgan fingerprint density at radius 2 is 1.88 bits per heavy atom. The van der Waals surface area contributed by atoms with Crippen molar-refractivity contribution >= 4 is 27.3 Å². The van der Waals surface area contributed by atoms with Crippen molar-refractivity contribution in [3.8, 4) is 6.07 Å². The average Bonchev–Trinajstić information content (AvgIpc) is 3.52. The number of rotatable bonds is 7. The molecule has 3 amide bonds. The summed E-state index contributed by atoms with van der Waals surface area (Å²) in [5.41, 5.74) is 1.21. The lowest BCUT2D eigenvalue weighted by Gasteiger charge is -2.29. The van der Waals surface area contributed by atoms with Crippen molar-refractivity contribution in [3.63, 3.8) is 0 Å². The zero-order valence-corrected chi connectivity index (χ0v) is 19.5. The molecular formula is C23H30N4O4S. The number of hydrogen-bond donors (Lipinski definition) is 2. The molecule has 1 heterocycles. The lowest BCUT2D eigenvalue weighted by Crippen LogP contribution is -2.54. The Hall–Kier alpha value is -2.86. The number of carbonyl (C=O) groups excluding carboxylic acids is 2. The molecule has 172 valence electrons. The summed E-state index contributed by atoms with van der Waals surface area (Å²) >= 11 is 0. The molecule has 1 fully saturated rings. The number of hydrogen-bond acceptors (Lipinski definition) is 5. The van der Waals surface area contributed by atoms with Crippen molar-refractivity contribution in [2.75, 3.05) is 19.3 Å². The van der Waals surface area contributed by atoms with E-state index < -0.39 is 21.4 Å². The van der Waals surface area contributed by atoms with Gasteiger partial charge in [0.05, 0.1) is 11.0 Å². The van der Waals surface area contributed by atoms with Crippen molar-refractivity contribution < 1.29 is 18.0 Å². The lowest BCUT2D eigenvalue weighted by molar-refractivity contribution is -0.123. The standard InChI is InChI=1S/C23H30N4O4S/c1-16(2)14-20(21(28)26-23(15-24)10-11-23)25-22(29)27-12-8-18(9-13-27)17-4-6-19(7-5-17)32(3,30)31/h4-8,16,20H,9-14H2,1-3H3,(H,25,29)(H,26,28). The fourth-order valence-electron chi connectivity index (χ4n) is 3.69. The largest absolute Gasteiger partial charge is 0.336 e. The molecule has 3 rings (SSSR count). The fourth-order valence-corrected chi connectivity index (χ4v) is 4.32. The van der Waals surface area contributed by atoms with Gasteiger partial charge in [-0.15, -0.1) is 0 Å². The molecule has 2 aliphatic rings. The summed E-state index contributed by atoms with van der Waals surface area (Å²) in [7, 11) is -3.24. The molecule has 1 aliphatic heterocycles. The third-order valence-electron chi connectivity index (χ3n) is 5.80. The smallest absolute Gasteiger partial charge is 0.318 e. The quantitative estimate of drug-likeness (QED) is 0.650. The van der Waals surface area contributed by atoms with E-state index in [1.54, 1.807) is 29.2 Å². The average molecular weight is 459 g/mol. The van der Waals surface area contributed by atoms with Gasteiger partial charge in [-0.3, -0.25) is 4.79 Å². The van der Waals surface area contributed by atoms with Crippen LogP contribution in [0.25, 0.3) is 5.57 Å². The van der Waals surface area contributed by atoms with Gasteiger partial charge >= 0.3 is 6.03 Å². The van der Waals surface area contributed by atoms with E-state index in [9.17, 15) is 23.3 Å². The molecule has 9 heteroatoms. The number of amides is 3. The zero-order chi connectivity index (χ0) is 23.5. The molecule has 0 aromatic heterocycles. The fraction of sp³-hybridized carbons (Fsp3) is 0.522. The van der Waals surface area contributed by atoms with Crippen molar-refractivity contribution in [3.05, 3.63) is 35.9 Å². The summed E-state index contributed by atoms with van der Waals surface area (Å²) in [6, 6.07) is 7.89. The van der Waals surface area contributed by atoms with E-state index in [1.165, 1.54) is 6.26 Å². The molecule has 1 unspecified atom stereocenters. The molecule has 2 N–H and O–H groups in total. The highest BCUT2D eigenvalue weighted by molar-refractivity contribution is 7.90. The number of nitriles is 1. The SMILES string of the molecule is CC(C)CC(NC(=O)N1CC=C(c2ccc(S(C)(=O)=O)cc2)CC1)C(=O)NC1(C#N)CC1. The van der Waals surface area contributed by atoms with Crippen LogP contribution in [-0.2, 0) is 14.6 Å². The first kappa shape index (κ1) is 23.8. The minimum absolute atomic E-state index is 0.200. The van der Waals surface area contributed by atoms with E-state index in [0.29, 0.717) is 38.8 Å². The molecule has 1 aromatic carbocycles. The maximum atomic E-state index is 12.8. The van der Waals surface area contributed by atoms with Gasteiger partial charge in [0.1, 0.15) is 11.6 Å². The van der Waals surface area contributed by atoms with Gasteiger partial charge in [-0.2, -0.15) is 5.26 Å². The van der Waals surface area contributed by atoms with Gasteiger partial charge in [0.25, 0.3) is 0 Å². The van der Waals surface area contributed by atoms with E-state index in [0.717, 1.165) is 11.1 Å². The number of benzene rings is 1. The molecule has 0 spiro atoms. The van der Waals surface area contributed by atoms with Gasteiger partial charge in [0.2, 0.25) is 5.91 Å². The van der Waals surface area contributed by atoms with Gasteiger partial charge in [-0.25, -0.2) is 13.2 Å². The molecular weight excluding hydrogens is 428 g/mol. The van der Waals surface area contributed by atoms with Crippen molar-refractivity contribution in [2.24, 2.45) is 5.92 Å². The van der Waals surface area contributed by atoms with Gasteiger partial charge in [-0.1, -0.05) is 32.1 Å². The van der Waals surface area contributed by atoms with Crippen LogP contribution in [0.5, 0.6) is 0 Å². The van der Waals surface area contributed by atoms with Crippen LogP contribution >= 0.6 is 0 Å². The molecule has 0 radical (unpaired) electrons. The Bertz CT molecular complexity index is 1050. The first-order valence-electron chi connectivity index (χ1n) is 10.8. The summed E-state index contributed by atoms with van der Waals surface area (Å²) in [5, 5.41) is 14.9. The van der Waals surface area contributed by atoms with Crippen LogP contribution in [0.3, 0.4) is 0 Å². The summed E-state index contributed by atoms with van der Waals surface area (Å²) in [6.07, 6.45) is 5.52. The minimum Gasteiger partial charge on any atom is -0.336 e. The molecule has 1 aliphatic carbocycles. The van der Waals surface area contributed by atoms with E-state index in [-0.39, 0.29) is 22.8 Å². The molecule has 1 saturated carbocycles. The third-order valence-corrected chi connectivity index (χ3v) is 6.93. The Morgan fingerprint density at radius 1 is 1.22 bits per heavy atom. The molecule has 0 saturated heterocycles. The second-order valence-corrected chi connectivity index (χ2v) is 11.1. The van der Waals surface area contributed by atoms with Gasteiger partial charge < -0.3 is 15.5 Å². The number of nitrogens with zero attached hydrogens (tertiary/aromatic N) is 2. The molecule has 32 heavy (non-hydrogen) atoms. The molecule has 1 aromatic rings. The van der Waals surface area contributed by atoms with Crippen LogP contribution in [0.4, 0.5) is 4.79 Å². The number of nitrogens with one attached hydrogen (secondary N) is 2. The van der Waals surface area contributed by atoms with Gasteiger partial charge in [0, 0.05) is 19.3 Å². The summed E-state index contributed by atoms with van der Waals surface area (Å²) in [5.74, 6) is -0.114. The zero-order valence-electron chi connectivity index (χ0n) is 18.7. The predicted octanol–water partition coefficient (Wildman–Crippen LogP) is 2.48. The van der Waals surface area contributed by atoms with Gasteiger partial charge in [-0.05, 0) is 54.9 Å². The monoisotopic (exact) mass is 458 g/mol. The second kappa shape index (κ2) is 9.33. The second-order valence-electron chi connectivity index (χ2n) is 9.04. The van der Waals surface area contributed by atoms with Crippen LogP contribution in [0.1, 0.15) is 45.1 Å². The topological polar surface area (TPSA) is 119 Å². The summed E-state index contributed by atoms with van der Waals surface area (Å²) < 4.78 is 23.3. The van der Waals surface area contributed by atoms with Crippen molar-refractivity contribution in [2.45, 2.75) is 56.0 Å². The van der Waals surface area contributed by atoms with E-state index >= 15 is 0 Å². The van der Waals surface area contributed by atoms with Crippen LogP contribution in [0.2, 0.25) is 0 Å². The number of urea groups is 1. The van der Waals surface area contributed by atoms with E-state index in [1.807, 2.05) is 19.9 Å². The maximum Gasteiger partial charge on any atom is 0.318 e. The highest BCUT2D eigenvalue weighted by Crippen LogP contribution is 2.34. The summed E-state index contributed by atoms with van der Waals surface area (Å²) in [6.45, 7) is 4.85. The minimum atomic E-state index is -3.24. The molecule has 8 nitrogen and oxygen atoms in total. The highest BCUT2D eigenvalue weighted by atomic mass is 32.2. The molecule has 0 bridgehead atoms. The number of carbonyl (C=O) groups is 2. The van der Waals surface area contributed by atoms with Gasteiger partial charge in [0.15, 0.2) is 9.84 Å². The van der Waals surface area contributed by atoms with Crippen LogP contribution in [0.15, 0.2) is 35.2 Å². The van der Waals surface area contributed by atoms with Crippen LogP contribution < -0.4 is 10.6 Å². The van der Waals surface area contributed by atoms with E-state index in [4.69, 9.17) is 0 Å². The Labute approximate surface area is 189 Å². The first-order valence-corrected chi connectivity index (χ1v) is 12.7.